The van der Waals surface area contributed by atoms with Gasteiger partial charge in [0.05, 0.1) is 13.2 Å². The monoisotopic (exact) mass is 431 g/mol. The minimum Gasteiger partial charge on any atom is -0.383 e. The Hall–Kier alpha value is -3.46. The molecule has 31 heavy (non-hydrogen) atoms. The van der Waals surface area contributed by atoms with E-state index >= 15 is 0 Å². The number of carbonyl (C=O) groups excluding carboxylic acids is 1. The Morgan fingerprint density at radius 1 is 1.00 bits per heavy atom. The number of pyridine rings is 1. The van der Waals surface area contributed by atoms with Gasteiger partial charge in [-0.3, -0.25) is 4.79 Å². The lowest BCUT2D eigenvalue weighted by atomic mass is 9.86. The van der Waals surface area contributed by atoms with Gasteiger partial charge in [0, 0.05) is 11.1 Å². The molecule has 2 heterocycles. The van der Waals surface area contributed by atoms with Gasteiger partial charge < -0.3 is 15.8 Å². The number of nitrogens with zero attached hydrogens (tertiary/aromatic N) is 1. The molecule has 0 aliphatic carbocycles. The highest BCUT2D eigenvalue weighted by Gasteiger charge is 2.42. The number of nitrogen functional groups attached to an aromatic ring is 1. The molecule has 0 atom stereocenters. The van der Waals surface area contributed by atoms with Crippen molar-refractivity contribution in [1.29, 1.82) is 0 Å². The van der Waals surface area contributed by atoms with Crippen molar-refractivity contribution in [1.82, 2.24) is 10.3 Å². The topological polar surface area (TPSA) is 77.2 Å². The smallest absolute Gasteiger partial charge is 0.383 e. The second-order valence-corrected chi connectivity index (χ2v) is 7.24. The highest BCUT2D eigenvalue weighted by molar-refractivity contribution is 5.94. The molecule has 1 aromatic heterocycles. The fourth-order valence-corrected chi connectivity index (χ4v) is 3.35. The Labute approximate surface area is 174 Å². The van der Waals surface area contributed by atoms with Crippen LogP contribution in [0.15, 0.2) is 60.7 Å². The Morgan fingerprint density at radius 2 is 1.65 bits per heavy atom. The number of carbonyl (C=O) groups is 1. The molecule has 0 saturated carbocycles. The molecule has 0 radical (unpaired) electrons. The van der Waals surface area contributed by atoms with E-state index in [9.17, 15) is 22.4 Å². The third kappa shape index (κ3) is 4.09. The van der Waals surface area contributed by atoms with Gasteiger partial charge in [-0.1, -0.05) is 24.3 Å². The van der Waals surface area contributed by atoms with Crippen LogP contribution in [-0.4, -0.2) is 24.1 Å². The largest absolute Gasteiger partial charge is 0.433 e. The number of halogens is 4. The first-order valence-electron chi connectivity index (χ1n) is 9.28. The van der Waals surface area contributed by atoms with Crippen LogP contribution in [0, 0.1) is 5.82 Å². The second kappa shape index (κ2) is 7.66. The van der Waals surface area contributed by atoms with Gasteiger partial charge in [0.15, 0.2) is 0 Å². The number of nitrogens with one attached hydrogen (secondary N) is 1. The zero-order valence-electron chi connectivity index (χ0n) is 16.0. The third-order valence-corrected chi connectivity index (χ3v) is 5.12. The number of alkyl halides is 3. The minimum atomic E-state index is -4.57. The van der Waals surface area contributed by atoms with Gasteiger partial charge >= 0.3 is 6.18 Å². The lowest BCUT2D eigenvalue weighted by Gasteiger charge is -2.42. The number of hydrogen-bond acceptors (Lipinski definition) is 4. The summed E-state index contributed by atoms with van der Waals surface area (Å²) in [5, 5.41) is 2.93. The second-order valence-electron chi connectivity index (χ2n) is 7.24. The zero-order valence-corrected chi connectivity index (χ0v) is 16.0. The van der Waals surface area contributed by atoms with Crippen LogP contribution in [0.5, 0.6) is 0 Å². The van der Waals surface area contributed by atoms with Crippen molar-refractivity contribution in [2.45, 2.75) is 11.7 Å². The fourth-order valence-electron chi connectivity index (χ4n) is 3.35. The standard InChI is InChI=1S/C22H17F4N3O2/c23-16-7-3-14(4-8-16)20(30)29-21(11-31-12-21)15-5-1-13(2-6-15)17-9-10-18(22(24,25)26)28-19(17)27/h1-10H,11-12H2,(H2,27,28)(H,29,30). The molecule has 1 aliphatic heterocycles. The maximum Gasteiger partial charge on any atom is 0.433 e. The molecule has 5 nitrogen and oxygen atoms in total. The van der Waals surface area contributed by atoms with Crippen LogP contribution in [0.2, 0.25) is 0 Å². The predicted molar refractivity (Wildman–Crippen MR) is 105 cm³/mol. The molecule has 2 aromatic carbocycles. The van der Waals surface area contributed by atoms with E-state index in [0.717, 1.165) is 11.6 Å². The maximum absolute atomic E-state index is 13.1. The number of rotatable bonds is 4. The summed E-state index contributed by atoms with van der Waals surface area (Å²) in [4.78, 5) is 16.0. The molecule has 4 rings (SSSR count). The Morgan fingerprint density at radius 3 is 2.16 bits per heavy atom. The van der Waals surface area contributed by atoms with Crippen molar-refractivity contribution >= 4 is 11.7 Å². The molecule has 3 N–H and O–H groups in total. The van der Waals surface area contributed by atoms with Gasteiger partial charge in [-0.2, -0.15) is 13.2 Å². The molecule has 1 fully saturated rings. The molecule has 9 heteroatoms. The van der Waals surface area contributed by atoms with Crippen LogP contribution in [0.25, 0.3) is 11.1 Å². The minimum absolute atomic E-state index is 0.228. The summed E-state index contributed by atoms with van der Waals surface area (Å²) in [6.07, 6.45) is -4.57. The quantitative estimate of drug-likeness (QED) is 0.609. The zero-order chi connectivity index (χ0) is 22.2. The van der Waals surface area contributed by atoms with Gasteiger partial charge in [0.1, 0.15) is 22.9 Å². The lowest BCUT2D eigenvalue weighted by molar-refractivity contribution is -0.141. The van der Waals surface area contributed by atoms with E-state index in [4.69, 9.17) is 10.5 Å². The molecule has 0 spiro atoms. The van der Waals surface area contributed by atoms with E-state index in [1.807, 2.05) is 0 Å². The average molecular weight is 431 g/mol. The van der Waals surface area contributed by atoms with E-state index in [-0.39, 0.29) is 24.9 Å². The number of nitrogens with two attached hydrogens (primary N) is 1. The molecular formula is C22H17F4N3O2. The van der Waals surface area contributed by atoms with Gasteiger partial charge in [-0.15, -0.1) is 0 Å². The van der Waals surface area contributed by atoms with Crippen LogP contribution in [0.1, 0.15) is 21.6 Å². The van der Waals surface area contributed by atoms with Crippen molar-refractivity contribution < 1.29 is 27.1 Å². The summed E-state index contributed by atoms with van der Waals surface area (Å²) in [5.41, 5.74) is 5.95. The van der Waals surface area contributed by atoms with Crippen molar-refractivity contribution in [3.05, 3.63) is 83.3 Å². The van der Waals surface area contributed by atoms with Gasteiger partial charge in [-0.05, 0) is 47.5 Å². The molecule has 0 unspecified atom stereocenters. The van der Waals surface area contributed by atoms with E-state index in [1.54, 1.807) is 24.3 Å². The summed E-state index contributed by atoms with van der Waals surface area (Å²) in [7, 11) is 0. The first-order valence-corrected chi connectivity index (χ1v) is 9.28. The first-order chi connectivity index (χ1) is 14.7. The number of amides is 1. The number of hydrogen-bond donors (Lipinski definition) is 2. The number of ether oxygens (including phenoxy) is 1. The summed E-state index contributed by atoms with van der Waals surface area (Å²) < 4.78 is 56.8. The van der Waals surface area contributed by atoms with Crippen molar-refractivity contribution in [2.24, 2.45) is 0 Å². The molecule has 3 aromatic rings. The summed E-state index contributed by atoms with van der Waals surface area (Å²) in [5.74, 6) is -1.04. The van der Waals surface area contributed by atoms with Crippen LogP contribution in [-0.2, 0) is 16.5 Å². The van der Waals surface area contributed by atoms with E-state index in [0.29, 0.717) is 16.7 Å². The highest BCUT2D eigenvalue weighted by Crippen LogP contribution is 2.34. The number of anilines is 1. The lowest BCUT2D eigenvalue weighted by Crippen LogP contribution is -2.59. The van der Waals surface area contributed by atoms with Gasteiger partial charge in [-0.25, -0.2) is 9.37 Å². The summed E-state index contributed by atoms with van der Waals surface area (Å²) in [6.45, 7) is 0.506. The van der Waals surface area contributed by atoms with Gasteiger partial charge in [0.2, 0.25) is 0 Å². The van der Waals surface area contributed by atoms with Crippen molar-refractivity contribution in [3.63, 3.8) is 0 Å². The molecule has 1 aliphatic rings. The van der Waals surface area contributed by atoms with Crippen LogP contribution < -0.4 is 11.1 Å². The van der Waals surface area contributed by atoms with Crippen LogP contribution >= 0.6 is 0 Å². The molecule has 160 valence electrons. The maximum atomic E-state index is 13.1. The summed E-state index contributed by atoms with van der Waals surface area (Å²) >= 11 is 0. The highest BCUT2D eigenvalue weighted by atomic mass is 19.4. The van der Waals surface area contributed by atoms with Crippen LogP contribution in [0.4, 0.5) is 23.4 Å². The third-order valence-electron chi connectivity index (χ3n) is 5.12. The van der Waals surface area contributed by atoms with E-state index in [2.05, 4.69) is 10.3 Å². The predicted octanol–water partition coefficient (Wildman–Crippen LogP) is 4.14. The van der Waals surface area contributed by atoms with E-state index in [1.165, 1.54) is 30.3 Å². The SMILES string of the molecule is Nc1nc(C(F)(F)F)ccc1-c1ccc(C2(NC(=O)c3ccc(F)cc3)COC2)cc1. The Balaban J connectivity index is 1.57. The van der Waals surface area contributed by atoms with E-state index < -0.39 is 23.2 Å². The Bertz CT molecular complexity index is 1110. The molecular weight excluding hydrogens is 414 g/mol. The molecule has 0 bridgehead atoms. The Kier molecular flexibility index (Phi) is 5.14. The normalized spacial score (nSPS) is 15.2. The van der Waals surface area contributed by atoms with Crippen LogP contribution in [0.3, 0.4) is 0 Å². The van der Waals surface area contributed by atoms with Crippen molar-refractivity contribution in [3.8, 4) is 11.1 Å². The first kappa shape index (κ1) is 20.8. The van der Waals surface area contributed by atoms with Gasteiger partial charge in [0.25, 0.3) is 5.91 Å². The average Bonchev–Trinajstić information content (AvgIpc) is 2.70. The summed E-state index contributed by atoms with van der Waals surface area (Å²) in [6, 6.07) is 14.2. The number of aromatic nitrogens is 1. The molecule has 1 amide bonds. The number of benzene rings is 2. The van der Waals surface area contributed by atoms with Crippen molar-refractivity contribution in [2.75, 3.05) is 18.9 Å². The molecule has 1 saturated heterocycles. The fraction of sp³-hybridized carbons (Fsp3) is 0.182.